The van der Waals surface area contributed by atoms with Gasteiger partial charge in [-0.3, -0.25) is 23.4 Å². The van der Waals surface area contributed by atoms with Crippen molar-refractivity contribution >= 4 is 25.5 Å². The van der Waals surface area contributed by atoms with Crippen LogP contribution in [0.2, 0.25) is 0 Å². The SMILES string of the molecule is [CH2][CH]COP(=O)(O)OCCNC(=O)CNC(=O)CNC(=O)CN. The molecule has 23 heavy (non-hydrogen) atoms. The summed E-state index contributed by atoms with van der Waals surface area (Å²) < 4.78 is 20.3. The fraction of sp³-hybridized carbons (Fsp3) is 0.545. The second-order valence-corrected chi connectivity index (χ2v) is 5.45. The predicted molar refractivity (Wildman–Crippen MR) is 79.5 cm³/mol. The fourth-order valence-corrected chi connectivity index (χ4v) is 1.78. The predicted octanol–water partition coefficient (Wildman–Crippen LogP) is -2.53. The van der Waals surface area contributed by atoms with Gasteiger partial charge in [0.05, 0.1) is 32.8 Å². The van der Waals surface area contributed by atoms with E-state index in [0.717, 1.165) is 0 Å². The van der Waals surface area contributed by atoms with Crippen LogP contribution in [0.25, 0.3) is 0 Å². The molecule has 0 aromatic carbocycles. The van der Waals surface area contributed by atoms with Crippen LogP contribution >= 0.6 is 7.82 Å². The molecule has 0 bridgehead atoms. The lowest BCUT2D eigenvalue weighted by Crippen LogP contribution is -2.43. The largest absolute Gasteiger partial charge is 0.472 e. The molecule has 0 aromatic heterocycles. The summed E-state index contributed by atoms with van der Waals surface area (Å²) in [6, 6.07) is 0. The highest BCUT2D eigenvalue weighted by atomic mass is 31.2. The number of hydrogen-bond donors (Lipinski definition) is 5. The molecular formula is C11H21N4O7P. The Morgan fingerprint density at radius 2 is 1.65 bits per heavy atom. The van der Waals surface area contributed by atoms with E-state index in [1.807, 2.05) is 0 Å². The van der Waals surface area contributed by atoms with Crippen LogP contribution in [0, 0.1) is 13.3 Å². The minimum Gasteiger partial charge on any atom is -0.352 e. The zero-order chi connectivity index (χ0) is 17.7. The van der Waals surface area contributed by atoms with E-state index in [1.54, 1.807) is 0 Å². The van der Waals surface area contributed by atoms with Crippen molar-refractivity contribution in [2.24, 2.45) is 5.73 Å². The lowest BCUT2D eigenvalue weighted by Gasteiger charge is -2.12. The Labute approximate surface area is 133 Å². The molecule has 1 unspecified atom stereocenters. The molecule has 3 amide bonds. The minimum atomic E-state index is -4.16. The van der Waals surface area contributed by atoms with Crippen molar-refractivity contribution in [3.63, 3.8) is 0 Å². The van der Waals surface area contributed by atoms with Gasteiger partial charge in [-0.1, -0.05) is 0 Å². The third-order valence-corrected chi connectivity index (χ3v) is 3.10. The van der Waals surface area contributed by atoms with Crippen molar-refractivity contribution in [1.29, 1.82) is 0 Å². The third kappa shape index (κ3) is 12.7. The summed E-state index contributed by atoms with van der Waals surface area (Å²) in [7, 11) is -4.16. The maximum absolute atomic E-state index is 11.4. The van der Waals surface area contributed by atoms with Gasteiger partial charge in [0.25, 0.3) is 0 Å². The second kappa shape index (κ2) is 12.0. The highest BCUT2D eigenvalue weighted by Gasteiger charge is 2.19. The molecule has 12 heteroatoms. The van der Waals surface area contributed by atoms with Crippen LogP contribution in [0.3, 0.4) is 0 Å². The first-order chi connectivity index (χ1) is 10.8. The molecule has 1 atom stereocenters. The first kappa shape index (κ1) is 21.5. The van der Waals surface area contributed by atoms with Crippen LogP contribution < -0.4 is 21.7 Å². The molecule has 0 aliphatic carbocycles. The Kier molecular flexibility index (Phi) is 11.2. The monoisotopic (exact) mass is 352 g/mol. The number of phosphoric ester groups is 1. The Bertz CT molecular complexity index is 446. The van der Waals surface area contributed by atoms with Crippen molar-refractivity contribution in [2.75, 3.05) is 39.4 Å². The first-order valence-corrected chi connectivity index (χ1v) is 8.03. The van der Waals surface area contributed by atoms with Gasteiger partial charge in [0.15, 0.2) is 0 Å². The maximum Gasteiger partial charge on any atom is 0.472 e. The van der Waals surface area contributed by atoms with Gasteiger partial charge in [-0.2, -0.15) is 0 Å². The molecule has 6 N–H and O–H groups in total. The van der Waals surface area contributed by atoms with E-state index in [0.29, 0.717) is 0 Å². The van der Waals surface area contributed by atoms with Crippen molar-refractivity contribution in [2.45, 2.75) is 0 Å². The number of rotatable bonds is 12. The number of nitrogens with one attached hydrogen (secondary N) is 3. The molecule has 0 spiro atoms. The van der Waals surface area contributed by atoms with Gasteiger partial charge < -0.3 is 26.6 Å². The molecule has 0 fully saturated rings. The zero-order valence-corrected chi connectivity index (χ0v) is 13.3. The van der Waals surface area contributed by atoms with Gasteiger partial charge in [0.1, 0.15) is 0 Å². The van der Waals surface area contributed by atoms with E-state index in [-0.39, 0.29) is 39.4 Å². The van der Waals surface area contributed by atoms with Crippen LogP contribution in [-0.4, -0.2) is 62.0 Å². The molecule has 11 nitrogen and oxygen atoms in total. The summed E-state index contributed by atoms with van der Waals surface area (Å²) in [6.45, 7) is 2.01. The van der Waals surface area contributed by atoms with Crippen LogP contribution in [-0.2, 0) is 28.0 Å². The summed E-state index contributed by atoms with van der Waals surface area (Å²) >= 11 is 0. The Balaban J connectivity index is 3.73. The van der Waals surface area contributed by atoms with Crippen LogP contribution in [0.15, 0.2) is 0 Å². The Morgan fingerprint density at radius 1 is 1.09 bits per heavy atom. The van der Waals surface area contributed by atoms with Crippen LogP contribution in [0.1, 0.15) is 0 Å². The van der Waals surface area contributed by atoms with Gasteiger partial charge in [-0.05, 0) is 13.3 Å². The van der Waals surface area contributed by atoms with Crippen molar-refractivity contribution in [3.05, 3.63) is 13.3 Å². The highest BCUT2D eigenvalue weighted by Crippen LogP contribution is 2.42. The molecule has 0 rings (SSSR count). The summed E-state index contributed by atoms with van der Waals surface area (Å²) in [4.78, 5) is 42.6. The number of hydrogen-bond acceptors (Lipinski definition) is 7. The smallest absolute Gasteiger partial charge is 0.352 e. The summed E-state index contributed by atoms with van der Waals surface area (Å²) in [5.74, 6) is -1.59. The van der Waals surface area contributed by atoms with Gasteiger partial charge >= 0.3 is 7.82 Å². The van der Waals surface area contributed by atoms with Gasteiger partial charge in [0.2, 0.25) is 17.7 Å². The summed E-state index contributed by atoms with van der Waals surface area (Å²) in [5, 5.41) is 6.84. The normalized spacial score (nSPS) is 13.0. The number of nitrogens with two attached hydrogens (primary N) is 1. The summed E-state index contributed by atoms with van der Waals surface area (Å²) in [6.07, 6.45) is 1.28. The van der Waals surface area contributed by atoms with E-state index in [9.17, 15) is 18.9 Å². The van der Waals surface area contributed by atoms with Gasteiger partial charge in [-0.15, -0.1) is 0 Å². The van der Waals surface area contributed by atoms with Crippen LogP contribution in [0.5, 0.6) is 0 Å². The van der Waals surface area contributed by atoms with Gasteiger partial charge in [-0.25, -0.2) is 4.57 Å². The van der Waals surface area contributed by atoms with E-state index >= 15 is 0 Å². The van der Waals surface area contributed by atoms with E-state index in [4.69, 9.17) is 10.6 Å². The number of amides is 3. The van der Waals surface area contributed by atoms with Crippen molar-refractivity contribution in [1.82, 2.24) is 16.0 Å². The van der Waals surface area contributed by atoms with Crippen molar-refractivity contribution in [3.8, 4) is 0 Å². The van der Waals surface area contributed by atoms with Crippen LogP contribution in [0.4, 0.5) is 0 Å². The van der Waals surface area contributed by atoms with Gasteiger partial charge in [0, 0.05) is 6.54 Å². The van der Waals surface area contributed by atoms with E-state index < -0.39 is 25.5 Å². The molecule has 0 aliphatic rings. The standard InChI is InChI=1S/C11H21N4O7P/c1-2-4-21-23(19,20)22-5-3-13-10(17)7-15-11(18)8-14-9(16)6-12/h2H,1,3-8,12H2,(H,13,17)(H,14,16)(H,15,18)(H,19,20). The molecule has 2 radical (unpaired) electrons. The average molecular weight is 352 g/mol. The third-order valence-electron chi connectivity index (χ3n) is 2.11. The molecule has 0 aliphatic heterocycles. The van der Waals surface area contributed by atoms with E-state index in [2.05, 4.69) is 31.9 Å². The van der Waals surface area contributed by atoms with E-state index in [1.165, 1.54) is 6.42 Å². The lowest BCUT2D eigenvalue weighted by molar-refractivity contribution is -0.127. The lowest BCUT2D eigenvalue weighted by atomic mass is 10.5. The highest BCUT2D eigenvalue weighted by molar-refractivity contribution is 7.47. The Hall–Kier alpha value is -1.52. The molecule has 0 aromatic rings. The quantitative estimate of drug-likeness (QED) is 0.189. The Morgan fingerprint density at radius 3 is 2.22 bits per heavy atom. The first-order valence-electron chi connectivity index (χ1n) is 6.53. The molecule has 0 heterocycles. The summed E-state index contributed by atoms with van der Waals surface area (Å²) in [5.41, 5.74) is 5.03. The topological polar surface area (TPSA) is 169 Å². The molecular weight excluding hydrogens is 331 g/mol. The number of carbonyl (C=O) groups is 3. The zero-order valence-electron chi connectivity index (χ0n) is 12.4. The minimum absolute atomic E-state index is 0.0549. The second-order valence-electron chi connectivity index (χ2n) is 3.99. The molecule has 132 valence electrons. The number of carbonyl (C=O) groups excluding carboxylic acids is 3. The molecule has 0 saturated heterocycles. The molecule has 0 saturated carbocycles. The fourth-order valence-electron chi connectivity index (χ4n) is 1.09. The van der Waals surface area contributed by atoms with Crippen molar-refractivity contribution < 1.29 is 32.9 Å². The number of phosphoric acid groups is 1. The average Bonchev–Trinajstić information content (AvgIpc) is 2.52. The maximum atomic E-state index is 11.4.